The zero-order valence-electron chi connectivity index (χ0n) is 13.1. The number of methoxy groups -OCH3 is 1. The molecule has 0 bridgehead atoms. The Morgan fingerprint density at radius 2 is 2.00 bits per heavy atom. The largest absolute Gasteiger partial charge is 0.468 e. The molecule has 2 aromatic heterocycles. The molecule has 0 fully saturated rings. The van der Waals surface area contributed by atoms with Crippen molar-refractivity contribution in [2.75, 3.05) is 7.11 Å². The van der Waals surface area contributed by atoms with E-state index < -0.39 is 0 Å². The Balaban J connectivity index is 2.07. The third kappa shape index (κ3) is 3.23. The van der Waals surface area contributed by atoms with Crippen molar-refractivity contribution >= 4 is 39.3 Å². The van der Waals surface area contributed by atoms with Crippen molar-refractivity contribution in [2.45, 2.75) is 24.1 Å². The molecule has 1 atom stereocenters. The molecule has 0 aliphatic rings. The summed E-state index contributed by atoms with van der Waals surface area (Å²) in [6.45, 7) is 3.89. The Morgan fingerprint density at radius 1 is 1.26 bits per heavy atom. The minimum atomic E-state index is -0.316. The first-order chi connectivity index (χ1) is 11.1. The molecule has 0 aliphatic carbocycles. The van der Waals surface area contributed by atoms with Gasteiger partial charge in [-0.25, -0.2) is 9.97 Å². The van der Waals surface area contributed by atoms with Gasteiger partial charge in [0.25, 0.3) is 0 Å². The van der Waals surface area contributed by atoms with E-state index in [4.69, 9.17) is 4.74 Å². The zero-order valence-corrected chi connectivity index (χ0v) is 14.7. The molecule has 0 saturated carbocycles. The number of thiophene rings is 1. The Hall–Kier alpha value is -1.92. The summed E-state index contributed by atoms with van der Waals surface area (Å²) in [7, 11) is 1.40. The topological polar surface area (TPSA) is 52.1 Å². The van der Waals surface area contributed by atoms with Crippen molar-refractivity contribution in [3.8, 4) is 11.1 Å². The molecule has 1 aromatic carbocycles. The van der Waals surface area contributed by atoms with Gasteiger partial charge in [-0.1, -0.05) is 41.6 Å². The molecular weight excluding hydrogens is 328 g/mol. The van der Waals surface area contributed by atoms with E-state index in [1.165, 1.54) is 24.4 Å². The first-order valence-electron chi connectivity index (χ1n) is 7.14. The zero-order chi connectivity index (χ0) is 16.4. The summed E-state index contributed by atoms with van der Waals surface area (Å²) in [5.74, 6) is -0.256. The van der Waals surface area contributed by atoms with Crippen LogP contribution in [-0.4, -0.2) is 28.3 Å². The Kier molecular flexibility index (Phi) is 4.63. The Bertz CT molecular complexity index is 843. The van der Waals surface area contributed by atoms with Gasteiger partial charge in [-0.05, 0) is 19.4 Å². The number of hydrogen-bond acceptors (Lipinski definition) is 6. The standard InChI is InChI=1S/C17H16N2O2S2/c1-10-4-6-12(7-5-10)13-8-22-15-14(13)16(19-9-18-15)23-11(2)17(20)21-3/h4-9,11H,1-3H3. The number of carbonyl (C=O) groups excluding carboxylic acids is 1. The molecule has 4 nitrogen and oxygen atoms in total. The van der Waals surface area contributed by atoms with E-state index in [2.05, 4.69) is 46.5 Å². The highest BCUT2D eigenvalue weighted by molar-refractivity contribution is 8.00. The van der Waals surface area contributed by atoms with Crippen LogP contribution in [0.15, 0.2) is 41.0 Å². The average molecular weight is 344 g/mol. The van der Waals surface area contributed by atoms with Gasteiger partial charge in [-0.2, -0.15) is 0 Å². The van der Waals surface area contributed by atoms with Crippen molar-refractivity contribution in [1.29, 1.82) is 0 Å². The fourth-order valence-electron chi connectivity index (χ4n) is 2.26. The minimum Gasteiger partial charge on any atom is -0.468 e. The number of thioether (sulfide) groups is 1. The van der Waals surface area contributed by atoms with Crippen molar-refractivity contribution in [2.24, 2.45) is 0 Å². The van der Waals surface area contributed by atoms with E-state index in [1.54, 1.807) is 17.7 Å². The van der Waals surface area contributed by atoms with Crippen LogP contribution < -0.4 is 0 Å². The molecule has 3 aromatic rings. The predicted molar refractivity (Wildman–Crippen MR) is 94.9 cm³/mol. The third-order valence-corrected chi connectivity index (χ3v) is 5.48. The predicted octanol–water partition coefficient (Wildman–Crippen LogP) is 4.32. The number of aromatic nitrogens is 2. The van der Waals surface area contributed by atoms with E-state index in [9.17, 15) is 4.79 Å². The van der Waals surface area contributed by atoms with E-state index in [1.807, 2.05) is 6.92 Å². The van der Waals surface area contributed by atoms with Crippen LogP contribution in [0.4, 0.5) is 0 Å². The number of carbonyl (C=O) groups is 1. The summed E-state index contributed by atoms with van der Waals surface area (Å²) in [6, 6.07) is 8.38. The summed E-state index contributed by atoms with van der Waals surface area (Å²) in [5, 5.41) is 3.59. The maximum Gasteiger partial charge on any atom is 0.318 e. The first kappa shape index (κ1) is 16.0. The maximum atomic E-state index is 11.7. The van der Waals surface area contributed by atoms with Gasteiger partial charge in [0.2, 0.25) is 0 Å². The van der Waals surface area contributed by atoms with Crippen LogP contribution in [-0.2, 0) is 9.53 Å². The lowest BCUT2D eigenvalue weighted by Gasteiger charge is -2.10. The molecule has 6 heteroatoms. The van der Waals surface area contributed by atoms with Gasteiger partial charge in [0, 0.05) is 10.9 Å². The maximum absolute atomic E-state index is 11.7. The molecule has 0 N–H and O–H groups in total. The molecular formula is C17H16N2O2S2. The van der Waals surface area contributed by atoms with E-state index >= 15 is 0 Å². The number of benzene rings is 1. The molecule has 0 amide bonds. The van der Waals surface area contributed by atoms with E-state index in [-0.39, 0.29) is 11.2 Å². The van der Waals surface area contributed by atoms with E-state index in [0.717, 1.165) is 26.4 Å². The molecule has 118 valence electrons. The lowest BCUT2D eigenvalue weighted by Crippen LogP contribution is -2.14. The third-order valence-electron chi connectivity index (χ3n) is 3.52. The lowest BCUT2D eigenvalue weighted by molar-refractivity contribution is -0.139. The fourth-order valence-corrected chi connectivity index (χ4v) is 4.20. The monoisotopic (exact) mass is 344 g/mol. The summed E-state index contributed by atoms with van der Waals surface area (Å²) in [6.07, 6.45) is 1.55. The van der Waals surface area contributed by atoms with Crippen LogP contribution in [0.1, 0.15) is 12.5 Å². The second-order valence-electron chi connectivity index (χ2n) is 5.16. The molecule has 1 unspecified atom stereocenters. The van der Waals surface area contributed by atoms with Crippen LogP contribution in [0.25, 0.3) is 21.3 Å². The molecule has 23 heavy (non-hydrogen) atoms. The van der Waals surface area contributed by atoms with Gasteiger partial charge in [0.15, 0.2) is 0 Å². The van der Waals surface area contributed by atoms with Gasteiger partial charge in [0.05, 0.1) is 12.5 Å². The summed E-state index contributed by atoms with van der Waals surface area (Å²) >= 11 is 2.99. The molecule has 0 radical (unpaired) electrons. The number of nitrogens with zero attached hydrogens (tertiary/aromatic N) is 2. The number of rotatable bonds is 4. The van der Waals surface area contributed by atoms with Crippen molar-refractivity contribution < 1.29 is 9.53 Å². The van der Waals surface area contributed by atoms with Crippen molar-refractivity contribution in [1.82, 2.24) is 9.97 Å². The van der Waals surface area contributed by atoms with Crippen LogP contribution in [0.3, 0.4) is 0 Å². The summed E-state index contributed by atoms with van der Waals surface area (Å²) in [5.41, 5.74) is 3.45. The van der Waals surface area contributed by atoms with Gasteiger partial charge in [-0.3, -0.25) is 4.79 Å². The second kappa shape index (κ2) is 6.68. The van der Waals surface area contributed by atoms with Crippen LogP contribution in [0, 0.1) is 6.92 Å². The number of ether oxygens (including phenoxy) is 1. The summed E-state index contributed by atoms with van der Waals surface area (Å²) < 4.78 is 4.81. The molecule has 0 saturated heterocycles. The molecule has 3 rings (SSSR count). The first-order valence-corrected chi connectivity index (χ1v) is 8.90. The second-order valence-corrected chi connectivity index (χ2v) is 7.35. The SMILES string of the molecule is COC(=O)C(C)Sc1ncnc2scc(-c3ccc(C)cc3)c12. The average Bonchev–Trinajstić information content (AvgIpc) is 3.00. The van der Waals surface area contributed by atoms with Crippen LogP contribution in [0.2, 0.25) is 0 Å². The van der Waals surface area contributed by atoms with Gasteiger partial charge < -0.3 is 4.74 Å². The Morgan fingerprint density at radius 3 is 2.70 bits per heavy atom. The number of fused-ring (bicyclic) bond motifs is 1. The summed E-state index contributed by atoms with van der Waals surface area (Å²) in [4.78, 5) is 21.4. The highest BCUT2D eigenvalue weighted by Gasteiger charge is 2.20. The van der Waals surface area contributed by atoms with Crippen molar-refractivity contribution in [3.05, 3.63) is 41.5 Å². The molecule has 0 aliphatic heterocycles. The quantitative estimate of drug-likeness (QED) is 0.401. The lowest BCUT2D eigenvalue weighted by atomic mass is 10.1. The van der Waals surface area contributed by atoms with Crippen molar-refractivity contribution in [3.63, 3.8) is 0 Å². The van der Waals surface area contributed by atoms with Gasteiger partial charge in [-0.15, -0.1) is 11.3 Å². The van der Waals surface area contributed by atoms with E-state index in [0.29, 0.717) is 0 Å². The minimum absolute atomic E-state index is 0.256. The van der Waals surface area contributed by atoms with Crippen LogP contribution in [0.5, 0.6) is 0 Å². The fraction of sp³-hybridized carbons (Fsp3) is 0.235. The molecule has 2 heterocycles. The normalized spacial score (nSPS) is 12.3. The smallest absolute Gasteiger partial charge is 0.318 e. The van der Waals surface area contributed by atoms with Gasteiger partial charge >= 0.3 is 5.97 Å². The van der Waals surface area contributed by atoms with Crippen LogP contribution >= 0.6 is 23.1 Å². The number of aryl methyl sites for hydroxylation is 1. The molecule has 0 spiro atoms. The Labute approximate surface area is 142 Å². The number of esters is 1. The highest BCUT2D eigenvalue weighted by Crippen LogP contribution is 2.39. The number of hydrogen-bond donors (Lipinski definition) is 0. The highest BCUT2D eigenvalue weighted by atomic mass is 32.2. The van der Waals surface area contributed by atoms with Gasteiger partial charge in [0.1, 0.15) is 21.4 Å².